The Balaban J connectivity index is 6.42. The maximum absolute atomic E-state index is 13.9. The van der Waals surface area contributed by atoms with Crippen LogP contribution < -0.4 is 48.7 Å². The van der Waals surface area contributed by atoms with Gasteiger partial charge in [0.2, 0.25) is 65.0 Å². The van der Waals surface area contributed by atoms with Gasteiger partial charge in [0.25, 0.3) is 0 Å². The number of hydroxylamine groups is 4. The fraction of sp³-hybridized carbons (Fsp3) is 0.688. The zero-order valence-corrected chi connectivity index (χ0v) is 44.8. The first kappa shape index (κ1) is 71.6. The number of primary amides is 2. The van der Waals surface area contributed by atoms with Gasteiger partial charge in [-0.15, -0.1) is 0 Å². The van der Waals surface area contributed by atoms with Crippen molar-refractivity contribution >= 4 is 76.9 Å². The van der Waals surface area contributed by atoms with Gasteiger partial charge in [-0.25, -0.2) is 19.7 Å². The molecule has 0 radical (unpaired) electrons. The fourth-order valence-electron chi connectivity index (χ4n) is 7.18. The smallest absolute Gasteiger partial charge is 0.335 e. The minimum Gasteiger partial charge on any atom is -0.480 e. The molecule has 79 heavy (non-hydrogen) atoms. The maximum atomic E-state index is 13.9. The highest BCUT2D eigenvalue weighted by molar-refractivity contribution is 5.98. The van der Waals surface area contributed by atoms with Crippen molar-refractivity contribution in [3.63, 3.8) is 0 Å². The van der Waals surface area contributed by atoms with Crippen LogP contribution in [-0.2, 0) is 62.3 Å². The standard InChI is InChI=1S/C48H81N11O20/c1-4-5-6-7-8-9-10-11-12-13-14-19-38(66)57-39(40(67)48(76)77)46(73)53-32(21-23-37(50)65)43(70)56-34(26-60)44(71)52-31(20-22-36(49)64)42(69)51-30(17-15-24-58(78)28(2)62)41(68)55-35(27-61)45(72)54-33(47(74)75)18-16-25-59(79)29(3)63/h9-10,30-35,39-40,60-61,67,78-79H,4-8,11-27H2,1-3H3,(H2,49,64)(H2,50,65)(H,51,69)(H,52,71)(H,53,73)(H,54,72)(H,55,68)(H,56,70)(H,57,66)(H,74,75)(H,76,77)/b10-9-/t30-,31-,32-,33-,34-,35-,39-,40?/m0/s1. The second-order valence-electron chi connectivity index (χ2n) is 18.4. The van der Waals surface area contributed by atoms with Crippen molar-refractivity contribution in [1.29, 1.82) is 0 Å². The number of aliphatic hydroxyl groups is 3. The molecule has 0 saturated heterocycles. The lowest BCUT2D eigenvalue weighted by Crippen LogP contribution is -2.62. The Kier molecular flexibility index (Phi) is 36.2. The van der Waals surface area contributed by atoms with Crippen molar-refractivity contribution in [1.82, 2.24) is 47.3 Å². The van der Waals surface area contributed by atoms with Crippen LogP contribution in [0.15, 0.2) is 12.2 Å². The monoisotopic (exact) mass is 1130 g/mol. The number of rotatable bonds is 43. The van der Waals surface area contributed by atoms with E-state index < -0.39 is 177 Å². The van der Waals surface area contributed by atoms with Gasteiger partial charge in [0, 0.05) is 46.2 Å². The molecule has 0 saturated carbocycles. The van der Waals surface area contributed by atoms with E-state index >= 15 is 0 Å². The van der Waals surface area contributed by atoms with E-state index in [4.69, 9.17) is 11.5 Å². The lowest BCUT2D eigenvalue weighted by atomic mass is 10.0. The van der Waals surface area contributed by atoms with E-state index in [0.29, 0.717) is 17.9 Å². The zero-order valence-electron chi connectivity index (χ0n) is 44.8. The van der Waals surface area contributed by atoms with Gasteiger partial charge in [-0.2, -0.15) is 0 Å². The number of hydrogen-bond acceptors (Lipinski definition) is 18. The molecule has 0 aliphatic carbocycles. The predicted molar refractivity (Wildman–Crippen MR) is 274 cm³/mol. The number of aliphatic hydroxyl groups excluding tert-OH is 3. The Morgan fingerprint density at radius 3 is 1.20 bits per heavy atom. The lowest BCUT2D eigenvalue weighted by molar-refractivity contribution is -0.163. The second-order valence-corrected chi connectivity index (χ2v) is 18.4. The summed E-state index contributed by atoms with van der Waals surface area (Å²) in [6, 6.07) is -13.3. The minimum atomic E-state index is -2.55. The molecule has 0 aliphatic rings. The Morgan fingerprint density at radius 1 is 0.456 bits per heavy atom. The van der Waals surface area contributed by atoms with Gasteiger partial charge in [-0.05, 0) is 70.6 Å². The van der Waals surface area contributed by atoms with Crippen LogP contribution >= 0.6 is 0 Å². The first-order valence-corrected chi connectivity index (χ1v) is 25.8. The van der Waals surface area contributed by atoms with Crippen molar-refractivity contribution in [3.8, 4) is 0 Å². The number of allylic oxidation sites excluding steroid dienone is 2. The molecule has 0 aromatic heterocycles. The van der Waals surface area contributed by atoms with E-state index in [-0.39, 0.29) is 37.3 Å². The van der Waals surface area contributed by atoms with Crippen molar-refractivity contribution in [2.75, 3.05) is 26.3 Å². The summed E-state index contributed by atoms with van der Waals surface area (Å²) >= 11 is 0. The summed E-state index contributed by atoms with van der Waals surface area (Å²) in [5.41, 5.74) is 10.6. The molecule has 0 bridgehead atoms. The number of nitrogens with zero attached hydrogens (tertiary/aromatic N) is 2. The molecule has 0 rings (SSSR count). The van der Waals surface area contributed by atoms with Crippen LogP contribution in [0.25, 0.3) is 0 Å². The molecule has 0 fully saturated rings. The normalized spacial score (nSPS) is 14.1. The van der Waals surface area contributed by atoms with Crippen LogP contribution in [0.2, 0.25) is 0 Å². The summed E-state index contributed by atoms with van der Waals surface area (Å²) in [4.78, 5) is 165. The number of aliphatic carboxylic acids is 2. The minimum absolute atomic E-state index is 0.128. The van der Waals surface area contributed by atoms with E-state index in [2.05, 4.69) is 50.2 Å². The molecule has 0 aromatic carbocycles. The van der Waals surface area contributed by atoms with Gasteiger partial charge < -0.3 is 74.2 Å². The molecular weight excluding hydrogens is 1050 g/mol. The first-order valence-electron chi connectivity index (χ1n) is 25.8. The third-order valence-corrected chi connectivity index (χ3v) is 11.8. The second kappa shape index (κ2) is 39.9. The van der Waals surface area contributed by atoms with Crippen LogP contribution in [0.4, 0.5) is 0 Å². The molecule has 18 N–H and O–H groups in total. The zero-order chi connectivity index (χ0) is 60.2. The molecule has 0 aliphatic heterocycles. The molecule has 11 amide bonds. The number of nitrogens with two attached hydrogens (primary N) is 2. The van der Waals surface area contributed by atoms with Crippen LogP contribution in [-0.4, -0.2) is 198 Å². The van der Waals surface area contributed by atoms with Crippen LogP contribution in [0.5, 0.6) is 0 Å². The number of carbonyl (C=O) groups is 13. The molecule has 31 heteroatoms. The molecule has 0 aromatic rings. The number of hydrogen-bond donors (Lipinski definition) is 16. The number of unbranched alkanes of at least 4 members (excludes halogenated alkanes) is 7. The van der Waals surface area contributed by atoms with Gasteiger partial charge in [0.1, 0.15) is 42.3 Å². The van der Waals surface area contributed by atoms with Gasteiger partial charge in [0.15, 0.2) is 6.10 Å². The van der Waals surface area contributed by atoms with Crippen molar-refractivity contribution in [2.45, 2.75) is 185 Å². The average molecular weight is 1130 g/mol. The van der Waals surface area contributed by atoms with Crippen LogP contribution in [0, 0.1) is 0 Å². The quantitative estimate of drug-likeness (QED) is 0.0120. The highest BCUT2D eigenvalue weighted by atomic mass is 16.5. The van der Waals surface area contributed by atoms with Gasteiger partial charge in [-0.3, -0.25) is 63.2 Å². The van der Waals surface area contributed by atoms with E-state index in [1.54, 1.807) is 0 Å². The van der Waals surface area contributed by atoms with E-state index in [0.717, 1.165) is 52.4 Å². The number of carboxylic acid groups (broad SMARTS) is 2. The van der Waals surface area contributed by atoms with Crippen molar-refractivity contribution in [3.05, 3.63) is 12.2 Å². The maximum Gasteiger partial charge on any atom is 0.335 e. The summed E-state index contributed by atoms with van der Waals surface area (Å²) in [5.74, 6) is -15.8. The van der Waals surface area contributed by atoms with Crippen molar-refractivity contribution in [2.24, 2.45) is 11.5 Å². The fourth-order valence-corrected chi connectivity index (χ4v) is 7.18. The Hall–Kier alpha value is -7.35. The highest BCUT2D eigenvalue weighted by Crippen LogP contribution is 2.10. The predicted octanol–water partition coefficient (Wildman–Crippen LogP) is -4.06. The SMILES string of the molecule is CCCCCC/C=C\CCCCCC(=O)N[C@H](C(=O)N[C@@H](CCC(N)=O)C(=O)N[C@@H](CO)C(=O)N[C@@H](CCC(N)=O)C(=O)N[C@@H](CCCN(O)C(C)=O)C(=O)N[C@@H](CO)C(=O)N[C@@H](CCCN(O)C(C)=O)C(=O)O)C(O)C(=O)O. The summed E-state index contributed by atoms with van der Waals surface area (Å²) in [6.45, 7) is 1.03. The molecule has 8 atom stereocenters. The third-order valence-electron chi connectivity index (χ3n) is 11.8. The molecule has 0 spiro atoms. The van der Waals surface area contributed by atoms with E-state index in [1.807, 2.05) is 6.08 Å². The van der Waals surface area contributed by atoms with Gasteiger partial charge in [-0.1, -0.05) is 44.8 Å². The molecule has 448 valence electrons. The topological polar surface area (TPSA) is 506 Å². The lowest BCUT2D eigenvalue weighted by Gasteiger charge is -2.27. The summed E-state index contributed by atoms with van der Waals surface area (Å²) in [6.07, 6.45) is 5.65. The average Bonchev–Trinajstić information content (AvgIpc) is 3.38. The summed E-state index contributed by atoms with van der Waals surface area (Å²) in [5, 5.41) is 84.9. The molecule has 1 unspecified atom stereocenters. The summed E-state index contributed by atoms with van der Waals surface area (Å²) in [7, 11) is 0. The number of amides is 11. The number of carbonyl (C=O) groups excluding carboxylic acids is 11. The van der Waals surface area contributed by atoms with Gasteiger partial charge >= 0.3 is 11.9 Å². The molecule has 0 heterocycles. The molecule has 31 nitrogen and oxygen atoms in total. The van der Waals surface area contributed by atoms with E-state index in [9.17, 15) is 98.3 Å². The Labute approximate surface area is 456 Å². The van der Waals surface area contributed by atoms with Crippen molar-refractivity contribution < 1.29 is 98.3 Å². The highest BCUT2D eigenvalue weighted by Gasteiger charge is 2.37. The van der Waals surface area contributed by atoms with Gasteiger partial charge in [0.05, 0.1) is 13.2 Å². The summed E-state index contributed by atoms with van der Waals surface area (Å²) < 4.78 is 0. The first-order chi connectivity index (χ1) is 37.2. The number of carboxylic acids is 2. The largest absolute Gasteiger partial charge is 0.480 e. The Bertz CT molecular complexity index is 2080. The Morgan fingerprint density at radius 2 is 0.823 bits per heavy atom. The molecular formula is C48H81N11O20. The third kappa shape index (κ3) is 31.0. The van der Waals surface area contributed by atoms with Crippen LogP contribution in [0.3, 0.4) is 0 Å². The number of nitrogens with one attached hydrogen (secondary N) is 7. The van der Waals surface area contributed by atoms with E-state index in [1.165, 1.54) is 6.42 Å². The van der Waals surface area contributed by atoms with Crippen LogP contribution in [0.1, 0.15) is 136 Å².